The van der Waals surface area contributed by atoms with Crippen molar-refractivity contribution in [2.45, 2.75) is 33.2 Å². The van der Waals surface area contributed by atoms with Gasteiger partial charge in [-0.2, -0.15) is 0 Å². The van der Waals surface area contributed by atoms with Gasteiger partial charge in [0.1, 0.15) is 0 Å². The lowest BCUT2D eigenvalue weighted by atomic mass is 10.1. The van der Waals surface area contributed by atoms with Crippen LogP contribution in [0.2, 0.25) is 0 Å². The minimum atomic E-state index is -0.159. The zero-order valence-electron chi connectivity index (χ0n) is 16.2. The summed E-state index contributed by atoms with van der Waals surface area (Å²) in [7, 11) is 0. The van der Waals surface area contributed by atoms with Crippen molar-refractivity contribution in [3.8, 4) is 0 Å². The van der Waals surface area contributed by atoms with Gasteiger partial charge in [-0.3, -0.25) is 14.5 Å². The number of benzene rings is 2. The van der Waals surface area contributed by atoms with Crippen LogP contribution in [-0.4, -0.2) is 36.3 Å². The van der Waals surface area contributed by atoms with E-state index >= 15 is 0 Å². The van der Waals surface area contributed by atoms with Gasteiger partial charge in [0.15, 0.2) is 0 Å². The van der Waals surface area contributed by atoms with Gasteiger partial charge in [-0.05, 0) is 49.7 Å². The van der Waals surface area contributed by atoms with Crippen molar-refractivity contribution < 1.29 is 9.59 Å². The Morgan fingerprint density at radius 2 is 1.63 bits per heavy atom. The first kappa shape index (κ1) is 20.6. The van der Waals surface area contributed by atoms with E-state index in [1.165, 1.54) is 0 Å². The average molecular weight is 367 g/mol. The molecule has 2 aromatic rings. The molecule has 2 rings (SSSR count). The molecule has 144 valence electrons. The Bertz CT molecular complexity index is 725. The Labute approximate surface area is 161 Å². The predicted octanol–water partition coefficient (Wildman–Crippen LogP) is 3.68. The van der Waals surface area contributed by atoms with Crippen molar-refractivity contribution in [2.75, 3.05) is 25.0 Å². The fraction of sp³-hybridized carbons (Fsp3) is 0.364. The Hall–Kier alpha value is -2.66. The molecule has 0 bridgehead atoms. The number of nitrogens with one attached hydrogen (secondary N) is 2. The normalized spacial score (nSPS) is 10.6. The lowest BCUT2D eigenvalue weighted by molar-refractivity contribution is -0.117. The average Bonchev–Trinajstić information content (AvgIpc) is 2.67. The van der Waals surface area contributed by atoms with E-state index in [1.54, 1.807) is 24.3 Å². The molecule has 0 radical (unpaired) electrons. The van der Waals surface area contributed by atoms with Crippen molar-refractivity contribution in [3.05, 3.63) is 65.7 Å². The van der Waals surface area contributed by atoms with Crippen molar-refractivity contribution >= 4 is 17.5 Å². The van der Waals surface area contributed by atoms with Crippen LogP contribution >= 0.6 is 0 Å². The summed E-state index contributed by atoms with van der Waals surface area (Å²) < 4.78 is 0. The van der Waals surface area contributed by atoms with Crippen molar-refractivity contribution in [1.82, 2.24) is 10.2 Å². The second-order valence-corrected chi connectivity index (χ2v) is 6.57. The van der Waals surface area contributed by atoms with E-state index in [4.69, 9.17) is 0 Å². The summed E-state index contributed by atoms with van der Waals surface area (Å²) in [6, 6.07) is 16.8. The van der Waals surface area contributed by atoms with Gasteiger partial charge in [0.25, 0.3) is 5.91 Å². The molecule has 2 amide bonds. The third kappa shape index (κ3) is 7.23. The number of anilines is 1. The maximum Gasteiger partial charge on any atom is 0.251 e. The quantitative estimate of drug-likeness (QED) is 0.673. The highest BCUT2D eigenvalue weighted by Crippen LogP contribution is 2.11. The fourth-order valence-electron chi connectivity index (χ4n) is 2.92. The third-order valence-electron chi connectivity index (χ3n) is 4.15. The lowest BCUT2D eigenvalue weighted by Gasteiger charge is -2.20. The minimum Gasteiger partial charge on any atom is -0.348 e. The molecule has 0 saturated heterocycles. The highest BCUT2D eigenvalue weighted by Gasteiger charge is 2.11. The first-order valence-electron chi connectivity index (χ1n) is 9.56. The number of carbonyl (C=O) groups is 2. The smallest absolute Gasteiger partial charge is 0.251 e. The molecule has 0 aromatic heterocycles. The van der Waals surface area contributed by atoms with Gasteiger partial charge < -0.3 is 10.6 Å². The largest absolute Gasteiger partial charge is 0.348 e. The van der Waals surface area contributed by atoms with E-state index in [2.05, 4.69) is 29.4 Å². The van der Waals surface area contributed by atoms with Crippen molar-refractivity contribution in [2.24, 2.45) is 0 Å². The number of carbonyl (C=O) groups excluding carboxylic acids is 2. The Morgan fingerprint density at radius 1 is 0.926 bits per heavy atom. The maximum atomic E-state index is 12.4. The molecule has 0 spiro atoms. The molecule has 2 aromatic carbocycles. The summed E-state index contributed by atoms with van der Waals surface area (Å²) in [6.45, 7) is 6.87. The lowest BCUT2D eigenvalue weighted by Crippen LogP contribution is -2.34. The van der Waals surface area contributed by atoms with Crippen LogP contribution in [0.3, 0.4) is 0 Å². The van der Waals surface area contributed by atoms with E-state index in [-0.39, 0.29) is 11.8 Å². The fourth-order valence-corrected chi connectivity index (χ4v) is 2.92. The second-order valence-electron chi connectivity index (χ2n) is 6.57. The number of rotatable bonds is 10. The zero-order valence-corrected chi connectivity index (χ0v) is 16.2. The molecule has 27 heavy (non-hydrogen) atoms. The molecule has 5 nitrogen and oxygen atoms in total. The second kappa shape index (κ2) is 11.1. The van der Waals surface area contributed by atoms with E-state index in [9.17, 15) is 9.59 Å². The summed E-state index contributed by atoms with van der Waals surface area (Å²) in [5.41, 5.74) is 2.21. The van der Waals surface area contributed by atoms with Gasteiger partial charge in [0, 0.05) is 17.8 Å². The molecule has 0 atom stereocenters. The molecular formula is C22H29N3O2. The van der Waals surface area contributed by atoms with Crippen LogP contribution in [0, 0.1) is 0 Å². The topological polar surface area (TPSA) is 61.4 Å². The van der Waals surface area contributed by atoms with Crippen LogP contribution in [0.15, 0.2) is 54.6 Å². The van der Waals surface area contributed by atoms with Crippen LogP contribution in [0.5, 0.6) is 0 Å². The van der Waals surface area contributed by atoms with Crippen molar-refractivity contribution in [1.29, 1.82) is 0 Å². The maximum absolute atomic E-state index is 12.4. The molecule has 5 heteroatoms. The first-order chi connectivity index (χ1) is 13.1. The molecular weight excluding hydrogens is 338 g/mol. The van der Waals surface area contributed by atoms with Crippen LogP contribution in [0.4, 0.5) is 5.69 Å². The highest BCUT2D eigenvalue weighted by atomic mass is 16.2. The van der Waals surface area contributed by atoms with Gasteiger partial charge in [-0.25, -0.2) is 0 Å². The van der Waals surface area contributed by atoms with Gasteiger partial charge in [-0.15, -0.1) is 0 Å². The monoisotopic (exact) mass is 367 g/mol. The van der Waals surface area contributed by atoms with E-state index in [0.717, 1.165) is 31.5 Å². The molecule has 0 heterocycles. The molecule has 0 aliphatic carbocycles. The third-order valence-corrected chi connectivity index (χ3v) is 4.15. The van der Waals surface area contributed by atoms with Crippen LogP contribution in [0.1, 0.15) is 42.6 Å². The molecule has 0 aliphatic heterocycles. The SMILES string of the molecule is CCCN(CCC)CC(=O)Nc1cccc(C(=O)NCc2ccccc2)c1. The van der Waals surface area contributed by atoms with Gasteiger partial charge in [0.05, 0.1) is 6.54 Å². The molecule has 2 N–H and O–H groups in total. The van der Waals surface area contributed by atoms with Crippen LogP contribution < -0.4 is 10.6 Å². The molecule has 0 saturated carbocycles. The van der Waals surface area contributed by atoms with Gasteiger partial charge >= 0.3 is 0 Å². The summed E-state index contributed by atoms with van der Waals surface area (Å²) in [5, 5.41) is 5.80. The van der Waals surface area contributed by atoms with Crippen molar-refractivity contribution in [3.63, 3.8) is 0 Å². The standard InChI is InChI=1S/C22H29N3O2/c1-3-13-25(14-4-2)17-21(26)24-20-12-8-11-19(15-20)22(27)23-16-18-9-6-5-7-10-18/h5-12,15H,3-4,13-14,16-17H2,1-2H3,(H,23,27)(H,24,26). The molecule has 0 unspecified atom stereocenters. The number of hydrogen-bond donors (Lipinski definition) is 2. The summed E-state index contributed by atoms with van der Waals surface area (Å²) in [5.74, 6) is -0.215. The Morgan fingerprint density at radius 3 is 2.30 bits per heavy atom. The highest BCUT2D eigenvalue weighted by molar-refractivity contribution is 5.97. The number of hydrogen-bond acceptors (Lipinski definition) is 3. The van der Waals surface area contributed by atoms with Gasteiger partial charge in [-0.1, -0.05) is 50.2 Å². The van der Waals surface area contributed by atoms with Gasteiger partial charge in [0.2, 0.25) is 5.91 Å². The minimum absolute atomic E-state index is 0.0567. The number of nitrogens with zero attached hydrogens (tertiary/aromatic N) is 1. The summed E-state index contributed by atoms with van der Waals surface area (Å²) in [6.07, 6.45) is 2.04. The molecule has 0 fully saturated rings. The van der Waals surface area contributed by atoms with E-state index < -0.39 is 0 Å². The molecule has 0 aliphatic rings. The zero-order chi connectivity index (χ0) is 19.5. The Balaban J connectivity index is 1.91. The van der Waals surface area contributed by atoms with E-state index in [1.807, 2.05) is 30.3 Å². The van der Waals surface area contributed by atoms with E-state index in [0.29, 0.717) is 24.3 Å². The first-order valence-corrected chi connectivity index (χ1v) is 9.56. The summed E-state index contributed by atoms with van der Waals surface area (Å²) in [4.78, 5) is 26.8. The predicted molar refractivity (Wildman–Crippen MR) is 110 cm³/mol. The van der Waals surface area contributed by atoms with Crippen LogP contribution in [-0.2, 0) is 11.3 Å². The Kier molecular flexibility index (Phi) is 8.52. The summed E-state index contributed by atoms with van der Waals surface area (Å²) >= 11 is 0. The van der Waals surface area contributed by atoms with Crippen LogP contribution in [0.25, 0.3) is 0 Å². The number of amides is 2.